The van der Waals surface area contributed by atoms with Gasteiger partial charge in [-0.25, -0.2) is 23.2 Å². The molecule has 9 nitrogen and oxygen atoms in total. The van der Waals surface area contributed by atoms with Crippen LogP contribution < -0.4 is 9.64 Å². The maximum atomic E-state index is 12.4. The minimum atomic E-state index is -5.08. The van der Waals surface area contributed by atoms with Gasteiger partial charge in [-0.1, -0.05) is 6.92 Å². The molecule has 2 aliphatic rings. The number of ether oxygens (including phenoxy) is 1. The molecule has 3 rings (SSSR count). The largest absolute Gasteiger partial charge is 0.490 e. The van der Waals surface area contributed by atoms with Crippen LogP contribution in [0.25, 0.3) is 0 Å². The number of sulfonamides is 1. The number of carboxylic acids is 1. The second-order valence-electron chi connectivity index (χ2n) is 6.55. The Morgan fingerprint density at radius 1 is 1.28 bits per heavy atom. The van der Waals surface area contributed by atoms with Gasteiger partial charge in [-0.2, -0.15) is 17.5 Å². The maximum absolute atomic E-state index is 12.4. The molecule has 0 spiro atoms. The number of nitrogens with zero attached hydrogens (tertiary/aromatic N) is 4. The molecule has 0 saturated carbocycles. The zero-order chi connectivity index (χ0) is 21.8. The Morgan fingerprint density at radius 3 is 2.45 bits per heavy atom. The van der Waals surface area contributed by atoms with E-state index in [4.69, 9.17) is 14.6 Å². The fourth-order valence-corrected chi connectivity index (χ4v) is 5.34. The number of hydrogen-bond donors (Lipinski definition) is 1. The normalized spacial score (nSPS) is 22.0. The molecule has 1 N–H and O–H groups in total. The summed E-state index contributed by atoms with van der Waals surface area (Å²) >= 11 is 0. The highest BCUT2D eigenvalue weighted by atomic mass is 32.2. The molecule has 2 aliphatic heterocycles. The van der Waals surface area contributed by atoms with Crippen LogP contribution >= 0.6 is 0 Å². The van der Waals surface area contributed by atoms with Gasteiger partial charge in [0.25, 0.3) is 0 Å². The van der Waals surface area contributed by atoms with Crippen LogP contribution in [0.5, 0.6) is 5.88 Å². The summed E-state index contributed by atoms with van der Waals surface area (Å²) in [6, 6.07) is 2.08. The summed E-state index contributed by atoms with van der Waals surface area (Å²) in [6.07, 6.45) is -1.25. The topological polar surface area (TPSA) is 113 Å². The number of carbonyl (C=O) groups is 1. The van der Waals surface area contributed by atoms with E-state index in [-0.39, 0.29) is 17.8 Å². The Labute approximate surface area is 166 Å². The lowest BCUT2D eigenvalue weighted by atomic mass is 10.1. The molecule has 2 atom stereocenters. The number of hydrogen-bond acceptors (Lipinski definition) is 7. The molecule has 2 fully saturated rings. The zero-order valence-electron chi connectivity index (χ0n) is 16.0. The van der Waals surface area contributed by atoms with Gasteiger partial charge >= 0.3 is 12.1 Å². The zero-order valence-corrected chi connectivity index (χ0v) is 16.8. The van der Waals surface area contributed by atoms with Crippen molar-refractivity contribution in [2.75, 3.05) is 30.9 Å². The molecular formula is C16H23F3N4O5S. The van der Waals surface area contributed by atoms with E-state index >= 15 is 0 Å². The van der Waals surface area contributed by atoms with Gasteiger partial charge in [-0.3, -0.25) is 0 Å². The van der Waals surface area contributed by atoms with Crippen molar-refractivity contribution in [2.45, 2.75) is 44.4 Å². The van der Waals surface area contributed by atoms with Gasteiger partial charge in [0.1, 0.15) is 12.1 Å². The van der Waals surface area contributed by atoms with Gasteiger partial charge in [0.2, 0.25) is 15.9 Å². The number of fused-ring (bicyclic) bond motifs is 1. The summed E-state index contributed by atoms with van der Waals surface area (Å²) in [4.78, 5) is 19.4. The van der Waals surface area contributed by atoms with E-state index in [0.717, 1.165) is 25.2 Å². The molecule has 0 radical (unpaired) electrons. The molecule has 0 bridgehead atoms. The number of methoxy groups -OCH3 is 1. The first kappa shape index (κ1) is 23.1. The molecule has 0 aromatic carbocycles. The molecule has 3 heterocycles. The predicted octanol–water partition coefficient (Wildman–Crippen LogP) is 1.51. The second kappa shape index (κ2) is 9.11. The van der Waals surface area contributed by atoms with Gasteiger partial charge < -0.3 is 14.7 Å². The Morgan fingerprint density at radius 2 is 1.90 bits per heavy atom. The molecule has 2 saturated heterocycles. The number of rotatable bonds is 5. The number of anilines is 1. The SMILES string of the molecule is CCCS(=O)(=O)N1CC[C@H]2[C@H]1CCN2c1cc(OC)ncn1.O=C(O)C(F)(F)F. The summed E-state index contributed by atoms with van der Waals surface area (Å²) in [5.74, 6) is -1.18. The molecule has 1 aromatic heterocycles. The number of alkyl halides is 3. The molecular weight excluding hydrogens is 417 g/mol. The number of halogens is 3. The van der Waals surface area contributed by atoms with Crippen LogP contribution in [0.2, 0.25) is 0 Å². The van der Waals surface area contributed by atoms with Crippen LogP contribution in [0, 0.1) is 0 Å². The first-order chi connectivity index (χ1) is 13.5. The van der Waals surface area contributed by atoms with Crippen molar-refractivity contribution in [1.82, 2.24) is 14.3 Å². The van der Waals surface area contributed by atoms with Crippen molar-refractivity contribution in [1.29, 1.82) is 0 Å². The van der Waals surface area contributed by atoms with E-state index < -0.39 is 22.2 Å². The third-order valence-electron chi connectivity index (χ3n) is 4.72. The van der Waals surface area contributed by atoms with Gasteiger partial charge in [0, 0.05) is 31.2 Å². The lowest BCUT2D eigenvalue weighted by molar-refractivity contribution is -0.192. The average molecular weight is 440 g/mol. The summed E-state index contributed by atoms with van der Waals surface area (Å²) in [6.45, 7) is 3.32. The average Bonchev–Trinajstić information content (AvgIpc) is 3.23. The highest BCUT2D eigenvalue weighted by Crippen LogP contribution is 2.36. The quantitative estimate of drug-likeness (QED) is 0.733. The third-order valence-corrected chi connectivity index (χ3v) is 6.81. The smallest absolute Gasteiger partial charge is 0.481 e. The minimum Gasteiger partial charge on any atom is -0.481 e. The van der Waals surface area contributed by atoms with Crippen LogP contribution in [-0.2, 0) is 14.8 Å². The fourth-order valence-electron chi connectivity index (χ4n) is 3.55. The molecule has 0 amide bonds. The van der Waals surface area contributed by atoms with Crippen molar-refractivity contribution >= 4 is 21.8 Å². The molecule has 1 aromatic rings. The van der Waals surface area contributed by atoms with E-state index in [2.05, 4.69) is 14.9 Å². The molecule has 0 unspecified atom stereocenters. The van der Waals surface area contributed by atoms with Gasteiger partial charge in [-0.15, -0.1) is 0 Å². The highest BCUT2D eigenvalue weighted by molar-refractivity contribution is 7.89. The van der Waals surface area contributed by atoms with Gasteiger partial charge in [0.05, 0.1) is 12.9 Å². The first-order valence-electron chi connectivity index (χ1n) is 8.93. The highest BCUT2D eigenvalue weighted by Gasteiger charge is 2.47. The number of carboxylic acid groups (broad SMARTS) is 1. The van der Waals surface area contributed by atoms with E-state index in [1.54, 1.807) is 11.4 Å². The number of aliphatic carboxylic acids is 1. The fraction of sp³-hybridized carbons (Fsp3) is 0.688. The third kappa shape index (κ3) is 5.47. The van der Waals surface area contributed by atoms with Crippen LogP contribution in [0.15, 0.2) is 12.4 Å². The van der Waals surface area contributed by atoms with Crippen LogP contribution in [-0.4, -0.2) is 78.0 Å². The Hall–Kier alpha value is -2.15. The van der Waals surface area contributed by atoms with Crippen molar-refractivity contribution < 1.29 is 36.2 Å². The monoisotopic (exact) mass is 440 g/mol. The molecule has 13 heteroatoms. The van der Waals surface area contributed by atoms with E-state index in [9.17, 15) is 21.6 Å². The van der Waals surface area contributed by atoms with E-state index in [1.807, 2.05) is 13.0 Å². The summed E-state index contributed by atoms with van der Waals surface area (Å²) in [7, 11) is -1.56. The maximum Gasteiger partial charge on any atom is 0.490 e. The summed E-state index contributed by atoms with van der Waals surface area (Å²) < 4.78 is 63.4. The Bertz CT molecular complexity index is 821. The van der Waals surface area contributed by atoms with Crippen LogP contribution in [0.4, 0.5) is 19.0 Å². The first-order valence-corrected chi connectivity index (χ1v) is 10.5. The van der Waals surface area contributed by atoms with Crippen molar-refractivity contribution in [3.63, 3.8) is 0 Å². The van der Waals surface area contributed by atoms with Gasteiger partial charge in [-0.05, 0) is 19.3 Å². The van der Waals surface area contributed by atoms with Crippen LogP contribution in [0.3, 0.4) is 0 Å². The minimum absolute atomic E-state index is 0.0671. The Balaban J connectivity index is 0.000000370. The van der Waals surface area contributed by atoms with Crippen molar-refractivity contribution in [2.24, 2.45) is 0 Å². The summed E-state index contributed by atoms with van der Waals surface area (Å²) in [5.41, 5.74) is 0. The lowest BCUT2D eigenvalue weighted by Gasteiger charge is -2.26. The van der Waals surface area contributed by atoms with E-state index in [1.165, 1.54) is 6.33 Å². The van der Waals surface area contributed by atoms with Crippen molar-refractivity contribution in [3.8, 4) is 5.88 Å². The summed E-state index contributed by atoms with van der Waals surface area (Å²) in [5, 5.41) is 7.12. The second-order valence-corrected chi connectivity index (χ2v) is 8.59. The predicted molar refractivity (Wildman–Crippen MR) is 97.2 cm³/mol. The van der Waals surface area contributed by atoms with Gasteiger partial charge in [0.15, 0.2) is 0 Å². The standard InChI is InChI=1S/C14H22N4O3S.C2HF3O2/c1-3-8-22(19,20)18-7-5-11-12(18)4-6-17(11)13-9-14(21-2)16-10-15-13;3-2(4,5)1(6)7/h9-12H,3-8H2,1-2H3;(H,6,7)/t11-,12+;/m0./s1. The molecule has 29 heavy (non-hydrogen) atoms. The lowest BCUT2D eigenvalue weighted by Crippen LogP contribution is -2.40. The Kier molecular flexibility index (Phi) is 7.27. The molecule has 164 valence electrons. The molecule has 0 aliphatic carbocycles. The number of aromatic nitrogens is 2. The van der Waals surface area contributed by atoms with E-state index in [0.29, 0.717) is 18.8 Å². The van der Waals surface area contributed by atoms with Crippen molar-refractivity contribution in [3.05, 3.63) is 12.4 Å². The van der Waals surface area contributed by atoms with Crippen LogP contribution in [0.1, 0.15) is 26.2 Å².